The Kier molecular flexibility index (Phi) is 7.39. The summed E-state index contributed by atoms with van der Waals surface area (Å²) in [4.78, 5) is 2.52. The van der Waals surface area contributed by atoms with Crippen molar-refractivity contribution in [1.29, 1.82) is 0 Å². The van der Waals surface area contributed by atoms with Crippen LogP contribution in [-0.4, -0.2) is 38.3 Å². The van der Waals surface area contributed by atoms with Crippen molar-refractivity contribution in [2.45, 2.75) is 32.0 Å². The van der Waals surface area contributed by atoms with E-state index in [1.165, 1.54) is 11.1 Å². The number of ether oxygens (including phenoxy) is 1. The van der Waals surface area contributed by atoms with Crippen molar-refractivity contribution < 1.29 is 4.74 Å². The second-order valence-electron chi connectivity index (χ2n) is 5.06. The molecule has 0 bridgehead atoms. The quantitative estimate of drug-likeness (QED) is 0.899. The number of hydrogen-bond acceptors (Lipinski definition) is 3. The van der Waals surface area contributed by atoms with Crippen molar-refractivity contribution in [2.24, 2.45) is 0 Å². The van der Waals surface area contributed by atoms with E-state index in [2.05, 4.69) is 34.5 Å². The zero-order valence-corrected chi connectivity index (χ0v) is 12.7. The van der Waals surface area contributed by atoms with Gasteiger partial charge in [-0.2, -0.15) is 0 Å². The summed E-state index contributed by atoms with van der Waals surface area (Å²) in [5, 5.41) is 3.17. The fourth-order valence-electron chi connectivity index (χ4n) is 2.53. The van der Waals surface area contributed by atoms with Gasteiger partial charge < -0.3 is 10.1 Å². The van der Waals surface area contributed by atoms with Gasteiger partial charge in [-0.05, 0) is 31.0 Å². The average molecular weight is 285 g/mol. The predicted octanol–water partition coefficient (Wildman–Crippen LogP) is 2.44. The molecule has 0 unspecified atom stereocenters. The molecular weight excluding hydrogens is 260 g/mol. The Balaban J connectivity index is 0.00000180. The summed E-state index contributed by atoms with van der Waals surface area (Å²) in [6.07, 6.45) is 2.79. The van der Waals surface area contributed by atoms with Crippen LogP contribution in [0.3, 0.4) is 0 Å². The van der Waals surface area contributed by atoms with E-state index in [1.807, 2.05) is 14.2 Å². The van der Waals surface area contributed by atoms with E-state index in [9.17, 15) is 0 Å². The summed E-state index contributed by atoms with van der Waals surface area (Å²) in [5.74, 6) is 0. The lowest BCUT2D eigenvalue weighted by Gasteiger charge is -2.31. The van der Waals surface area contributed by atoms with Crippen LogP contribution >= 0.6 is 12.4 Å². The lowest BCUT2D eigenvalue weighted by molar-refractivity contribution is 0.0388. The summed E-state index contributed by atoms with van der Waals surface area (Å²) in [5.41, 5.74) is 2.75. The van der Waals surface area contributed by atoms with Crippen molar-refractivity contribution in [3.63, 3.8) is 0 Å². The number of nitrogens with zero attached hydrogens (tertiary/aromatic N) is 1. The molecule has 1 aromatic carbocycles. The van der Waals surface area contributed by atoms with E-state index >= 15 is 0 Å². The Morgan fingerprint density at radius 2 is 1.74 bits per heavy atom. The summed E-state index contributed by atoms with van der Waals surface area (Å²) < 4.78 is 5.40. The number of benzene rings is 1. The van der Waals surface area contributed by atoms with Crippen LogP contribution < -0.4 is 5.32 Å². The molecule has 0 amide bonds. The molecule has 19 heavy (non-hydrogen) atoms. The number of methoxy groups -OCH3 is 1. The first-order chi connectivity index (χ1) is 8.81. The third kappa shape index (κ3) is 5.11. The molecule has 1 N–H and O–H groups in total. The third-order valence-electron chi connectivity index (χ3n) is 3.68. The van der Waals surface area contributed by atoms with E-state index in [-0.39, 0.29) is 12.4 Å². The normalized spacial score (nSPS) is 17.2. The average Bonchev–Trinajstić information content (AvgIpc) is 2.42. The Hall–Kier alpha value is -0.610. The van der Waals surface area contributed by atoms with Crippen LogP contribution in [0.5, 0.6) is 0 Å². The zero-order valence-electron chi connectivity index (χ0n) is 11.9. The zero-order chi connectivity index (χ0) is 12.8. The molecule has 1 aliphatic rings. The van der Waals surface area contributed by atoms with E-state index in [4.69, 9.17) is 4.74 Å². The second kappa shape index (κ2) is 8.54. The fourth-order valence-corrected chi connectivity index (χ4v) is 2.53. The van der Waals surface area contributed by atoms with Crippen molar-refractivity contribution in [3.8, 4) is 0 Å². The minimum Gasteiger partial charge on any atom is -0.381 e. The number of hydrogen-bond donors (Lipinski definition) is 1. The van der Waals surface area contributed by atoms with Gasteiger partial charge in [-0.15, -0.1) is 12.4 Å². The molecule has 0 spiro atoms. The van der Waals surface area contributed by atoms with Gasteiger partial charge in [-0.1, -0.05) is 24.3 Å². The fraction of sp³-hybridized carbons (Fsp3) is 0.600. The predicted molar refractivity (Wildman–Crippen MR) is 81.8 cm³/mol. The van der Waals surface area contributed by atoms with E-state index in [0.29, 0.717) is 6.10 Å². The second-order valence-corrected chi connectivity index (χ2v) is 5.06. The molecule has 0 atom stereocenters. The highest BCUT2D eigenvalue weighted by Crippen LogP contribution is 2.16. The Bertz CT molecular complexity index is 348. The minimum atomic E-state index is 0. The van der Waals surface area contributed by atoms with Gasteiger partial charge in [0.15, 0.2) is 0 Å². The van der Waals surface area contributed by atoms with Crippen LogP contribution in [0.4, 0.5) is 0 Å². The summed E-state index contributed by atoms with van der Waals surface area (Å²) >= 11 is 0. The Morgan fingerprint density at radius 1 is 1.16 bits per heavy atom. The van der Waals surface area contributed by atoms with Crippen LogP contribution in [0.15, 0.2) is 24.3 Å². The molecule has 1 aromatic rings. The maximum Gasteiger partial charge on any atom is 0.0595 e. The van der Waals surface area contributed by atoms with Gasteiger partial charge in [0, 0.05) is 33.3 Å². The largest absolute Gasteiger partial charge is 0.381 e. The molecule has 0 saturated carbocycles. The van der Waals surface area contributed by atoms with Gasteiger partial charge >= 0.3 is 0 Å². The lowest BCUT2D eigenvalue weighted by Crippen LogP contribution is -2.36. The number of piperidine rings is 1. The van der Waals surface area contributed by atoms with Gasteiger partial charge in [0.1, 0.15) is 0 Å². The first kappa shape index (κ1) is 16.4. The van der Waals surface area contributed by atoms with Crippen molar-refractivity contribution >= 4 is 12.4 Å². The molecule has 4 heteroatoms. The summed E-state index contributed by atoms with van der Waals surface area (Å²) in [7, 11) is 3.80. The topological polar surface area (TPSA) is 24.5 Å². The van der Waals surface area contributed by atoms with Crippen LogP contribution in [0.1, 0.15) is 24.0 Å². The molecule has 2 rings (SSSR count). The van der Waals surface area contributed by atoms with Gasteiger partial charge in [0.05, 0.1) is 6.10 Å². The number of likely N-dealkylation sites (tertiary alicyclic amines) is 1. The van der Waals surface area contributed by atoms with Crippen molar-refractivity contribution in [3.05, 3.63) is 35.4 Å². The highest BCUT2D eigenvalue weighted by atomic mass is 35.5. The maximum absolute atomic E-state index is 5.40. The molecule has 1 saturated heterocycles. The van der Waals surface area contributed by atoms with E-state index in [0.717, 1.165) is 39.0 Å². The van der Waals surface area contributed by atoms with Crippen LogP contribution in [0.2, 0.25) is 0 Å². The third-order valence-corrected chi connectivity index (χ3v) is 3.68. The van der Waals surface area contributed by atoms with Gasteiger partial charge in [0.25, 0.3) is 0 Å². The van der Waals surface area contributed by atoms with Gasteiger partial charge in [0.2, 0.25) is 0 Å². The molecule has 108 valence electrons. The maximum atomic E-state index is 5.40. The molecule has 1 aliphatic heterocycles. The molecule has 1 fully saturated rings. The number of nitrogens with one attached hydrogen (secondary N) is 1. The molecule has 0 aromatic heterocycles. The van der Waals surface area contributed by atoms with Crippen molar-refractivity contribution in [1.82, 2.24) is 10.2 Å². The minimum absolute atomic E-state index is 0. The number of halogens is 1. The number of rotatable bonds is 5. The first-order valence-electron chi connectivity index (χ1n) is 6.79. The SMILES string of the molecule is CNCc1ccc(CN2CCC(OC)CC2)cc1.Cl. The Morgan fingerprint density at radius 3 is 2.26 bits per heavy atom. The van der Waals surface area contributed by atoms with Gasteiger partial charge in [-0.25, -0.2) is 0 Å². The molecule has 0 radical (unpaired) electrons. The summed E-state index contributed by atoms with van der Waals surface area (Å²) in [6.45, 7) is 4.31. The highest BCUT2D eigenvalue weighted by Gasteiger charge is 2.18. The monoisotopic (exact) mass is 284 g/mol. The van der Waals surface area contributed by atoms with Crippen LogP contribution in [-0.2, 0) is 17.8 Å². The van der Waals surface area contributed by atoms with Crippen LogP contribution in [0, 0.1) is 0 Å². The molecular formula is C15H25ClN2O. The van der Waals surface area contributed by atoms with E-state index in [1.54, 1.807) is 0 Å². The van der Waals surface area contributed by atoms with Gasteiger partial charge in [-0.3, -0.25) is 4.90 Å². The molecule has 1 heterocycles. The molecule has 3 nitrogen and oxygen atoms in total. The molecule has 0 aliphatic carbocycles. The van der Waals surface area contributed by atoms with Crippen LogP contribution in [0.25, 0.3) is 0 Å². The highest BCUT2D eigenvalue weighted by molar-refractivity contribution is 5.85. The Labute approximate surface area is 122 Å². The smallest absolute Gasteiger partial charge is 0.0595 e. The lowest BCUT2D eigenvalue weighted by atomic mass is 10.1. The first-order valence-corrected chi connectivity index (χ1v) is 6.79. The standard InChI is InChI=1S/C15H24N2O.ClH/c1-16-11-13-3-5-14(6-4-13)12-17-9-7-15(18-2)8-10-17;/h3-6,15-16H,7-12H2,1-2H3;1H. The van der Waals surface area contributed by atoms with Crippen molar-refractivity contribution in [2.75, 3.05) is 27.2 Å². The summed E-state index contributed by atoms with van der Waals surface area (Å²) in [6, 6.07) is 8.92. The van der Waals surface area contributed by atoms with E-state index < -0.39 is 0 Å².